The van der Waals surface area contributed by atoms with Gasteiger partial charge in [-0.15, -0.1) is 0 Å². The number of allylic oxidation sites excluding steroid dienone is 2. The van der Waals surface area contributed by atoms with Gasteiger partial charge in [-0.1, -0.05) is 6.58 Å². The molecule has 1 saturated carbocycles. The maximum absolute atomic E-state index is 12.5. The van der Waals surface area contributed by atoms with Crippen molar-refractivity contribution in [2.45, 2.75) is 12.3 Å². The number of furan rings is 1. The third-order valence-electron chi connectivity index (χ3n) is 4.58. The fourth-order valence-corrected chi connectivity index (χ4v) is 3.56. The molecule has 21 heavy (non-hydrogen) atoms. The van der Waals surface area contributed by atoms with Crippen LogP contribution in [0.3, 0.4) is 0 Å². The highest BCUT2D eigenvalue weighted by Crippen LogP contribution is 2.59. The Bertz CT molecular complexity index is 640. The average Bonchev–Trinajstić information content (AvgIpc) is 3.08. The fourth-order valence-electron chi connectivity index (χ4n) is 3.56. The second-order valence-corrected chi connectivity index (χ2v) is 5.38. The van der Waals surface area contributed by atoms with Gasteiger partial charge in [0.15, 0.2) is 11.2 Å². The van der Waals surface area contributed by atoms with E-state index >= 15 is 0 Å². The van der Waals surface area contributed by atoms with E-state index in [9.17, 15) is 9.59 Å². The van der Waals surface area contributed by atoms with E-state index in [1.54, 1.807) is 12.5 Å². The van der Waals surface area contributed by atoms with Gasteiger partial charge in [-0.3, -0.25) is 9.59 Å². The van der Waals surface area contributed by atoms with E-state index in [-0.39, 0.29) is 17.6 Å². The lowest BCUT2D eigenvalue weighted by Crippen LogP contribution is -2.40. The van der Waals surface area contributed by atoms with Gasteiger partial charge in [0, 0.05) is 17.9 Å². The van der Waals surface area contributed by atoms with Crippen molar-refractivity contribution in [2.24, 2.45) is 11.3 Å². The molecule has 1 aromatic heterocycles. The fraction of sp³-hybridized carbons (Fsp3) is 0.375. The molecule has 5 heteroatoms. The van der Waals surface area contributed by atoms with E-state index in [1.165, 1.54) is 20.3 Å². The minimum Gasteiger partial charge on any atom is -0.501 e. The number of carbonyl (C=O) groups excluding carboxylic acids is 2. The van der Waals surface area contributed by atoms with Gasteiger partial charge in [0.25, 0.3) is 0 Å². The van der Waals surface area contributed by atoms with Crippen LogP contribution in [0.25, 0.3) is 0 Å². The maximum Gasteiger partial charge on any atom is 0.323 e. The van der Waals surface area contributed by atoms with Gasteiger partial charge in [0.2, 0.25) is 0 Å². The molecule has 0 unspecified atom stereocenters. The molecular weight excluding hydrogens is 272 g/mol. The first-order valence-electron chi connectivity index (χ1n) is 6.66. The predicted octanol–water partition coefficient (Wildman–Crippen LogP) is 2.21. The second-order valence-electron chi connectivity index (χ2n) is 5.38. The lowest BCUT2D eigenvalue weighted by atomic mass is 9.75. The summed E-state index contributed by atoms with van der Waals surface area (Å²) in [5, 5.41) is 0. The summed E-state index contributed by atoms with van der Waals surface area (Å²) in [6.07, 6.45) is 4.90. The largest absolute Gasteiger partial charge is 0.501 e. The number of hydrogen-bond acceptors (Lipinski definition) is 5. The summed E-state index contributed by atoms with van der Waals surface area (Å²) < 4.78 is 15.4. The molecule has 0 aliphatic heterocycles. The van der Waals surface area contributed by atoms with Crippen molar-refractivity contribution in [1.29, 1.82) is 0 Å². The van der Waals surface area contributed by atoms with Crippen molar-refractivity contribution in [1.82, 2.24) is 0 Å². The Morgan fingerprint density at radius 2 is 2.24 bits per heavy atom. The first-order valence-corrected chi connectivity index (χ1v) is 6.66. The standard InChI is InChI=1S/C16H16O5/c1-9-14(10-4-5-21-8-10)11-7-16(9,15(18)20-3)13(17)6-12(11)19-2/h4-6,8,11,14H,1,7H2,2-3H3/t11-,14+,16+/m0/s1. The molecule has 1 fully saturated rings. The molecular formula is C16H16O5. The van der Waals surface area contributed by atoms with Crippen molar-refractivity contribution in [3.8, 4) is 0 Å². The summed E-state index contributed by atoms with van der Waals surface area (Å²) >= 11 is 0. The third-order valence-corrected chi connectivity index (χ3v) is 4.58. The van der Waals surface area contributed by atoms with Gasteiger partial charge in [0.1, 0.15) is 5.76 Å². The average molecular weight is 288 g/mol. The van der Waals surface area contributed by atoms with Crippen LogP contribution in [-0.2, 0) is 19.1 Å². The van der Waals surface area contributed by atoms with Crippen LogP contribution in [-0.4, -0.2) is 26.0 Å². The zero-order valence-electron chi connectivity index (χ0n) is 11.9. The van der Waals surface area contributed by atoms with E-state index in [4.69, 9.17) is 13.9 Å². The van der Waals surface area contributed by atoms with Crippen LogP contribution in [0.5, 0.6) is 0 Å². The number of ketones is 1. The highest BCUT2D eigenvalue weighted by molar-refractivity contribution is 6.14. The number of fused-ring (bicyclic) bond motifs is 2. The number of methoxy groups -OCH3 is 2. The van der Waals surface area contributed by atoms with Gasteiger partial charge in [0.05, 0.1) is 26.7 Å². The first kappa shape index (κ1) is 13.7. The molecule has 0 radical (unpaired) electrons. The molecule has 1 aromatic rings. The summed E-state index contributed by atoms with van der Waals surface area (Å²) in [6, 6.07) is 1.82. The molecule has 2 bridgehead atoms. The SMILES string of the molecule is C=C1[C@H](c2ccoc2)[C@H]2C[C@]1(C(=O)OC)C(=O)C=C2OC. The zero-order valence-corrected chi connectivity index (χ0v) is 11.9. The number of carbonyl (C=O) groups is 2. The Hall–Kier alpha value is -2.30. The van der Waals surface area contributed by atoms with Crippen LogP contribution in [0.4, 0.5) is 0 Å². The summed E-state index contributed by atoms with van der Waals surface area (Å²) in [4.78, 5) is 24.8. The van der Waals surface area contributed by atoms with Gasteiger partial charge in [-0.2, -0.15) is 0 Å². The molecule has 3 atom stereocenters. The van der Waals surface area contributed by atoms with E-state index in [1.807, 2.05) is 6.07 Å². The van der Waals surface area contributed by atoms with E-state index in [2.05, 4.69) is 6.58 Å². The van der Waals surface area contributed by atoms with Crippen molar-refractivity contribution in [3.05, 3.63) is 48.1 Å². The van der Waals surface area contributed by atoms with Crippen molar-refractivity contribution < 1.29 is 23.5 Å². The Kier molecular flexibility index (Phi) is 3.01. The summed E-state index contributed by atoms with van der Waals surface area (Å²) in [5.41, 5.74) is 0.131. The number of rotatable bonds is 3. The third kappa shape index (κ3) is 1.63. The highest BCUT2D eigenvalue weighted by Gasteiger charge is 2.62. The molecule has 2 aliphatic rings. The quantitative estimate of drug-likeness (QED) is 0.484. The topological polar surface area (TPSA) is 65.7 Å². The van der Waals surface area contributed by atoms with Crippen molar-refractivity contribution in [2.75, 3.05) is 14.2 Å². The Labute approximate surface area is 122 Å². The van der Waals surface area contributed by atoms with E-state index < -0.39 is 11.4 Å². The minimum atomic E-state index is -1.30. The Morgan fingerprint density at radius 1 is 1.48 bits per heavy atom. The minimum absolute atomic E-state index is 0.114. The monoisotopic (exact) mass is 288 g/mol. The molecule has 2 aliphatic carbocycles. The van der Waals surface area contributed by atoms with Gasteiger partial charge >= 0.3 is 5.97 Å². The lowest BCUT2D eigenvalue weighted by Gasteiger charge is -2.27. The van der Waals surface area contributed by atoms with Crippen LogP contribution in [0.2, 0.25) is 0 Å². The summed E-state index contributed by atoms with van der Waals surface area (Å²) in [5.74, 6) is -0.611. The van der Waals surface area contributed by atoms with Crippen LogP contribution < -0.4 is 0 Å². The number of hydrogen-bond donors (Lipinski definition) is 0. The van der Waals surface area contributed by atoms with Crippen molar-refractivity contribution in [3.63, 3.8) is 0 Å². The first-order chi connectivity index (χ1) is 10.1. The smallest absolute Gasteiger partial charge is 0.323 e. The van der Waals surface area contributed by atoms with Gasteiger partial charge < -0.3 is 13.9 Å². The molecule has 0 amide bonds. The lowest BCUT2D eigenvalue weighted by molar-refractivity contribution is -0.154. The molecule has 3 rings (SSSR count). The van der Waals surface area contributed by atoms with Crippen LogP contribution in [0.1, 0.15) is 17.9 Å². The van der Waals surface area contributed by atoms with E-state index in [0.717, 1.165) is 5.56 Å². The van der Waals surface area contributed by atoms with Gasteiger partial charge in [-0.05, 0) is 23.6 Å². The summed E-state index contributed by atoms with van der Waals surface area (Å²) in [7, 11) is 2.81. The second kappa shape index (κ2) is 4.62. The zero-order chi connectivity index (χ0) is 15.2. The van der Waals surface area contributed by atoms with Crippen LogP contribution in [0.15, 0.2) is 47.0 Å². The predicted molar refractivity (Wildman–Crippen MR) is 73.2 cm³/mol. The molecule has 0 aromatic carbocycles. The molecule has 0 saturated heterocycles. The molecule has 0 N–H and O–H groups in total. The molecule has 0 spiro atoms. The normalized spacial score (nSPS) is 31.0. The van der Waals surface area contributed by atoms with Gasteiger partial charge in [-0.25, -0.2) is 0 Å². The molecule has 5 nitrogen and oxygen atoms in total. The van der Waals surface area contributed by atoms with E-state index in [0.29, 0.717) is 17.8 Å². The highest BCUT2D eigenvalue weighted by atomic mass is 16.5. The Balaban J connectivity index is 2.16. The molecule has 110 valence electrons. The van der Waals surface area contributed by atoms with Crippen LogP contribution in [0, 0.1) is 11.3 Å². The maximum atomic E-state index is 12.5. The number of esters is 1. The van der Waals surface area contributed by atoms with Crippen LogP contribution >= 0.6 is 0 Å². The van der Waals surface area contributed by atoms with Crippen molar-refractivity contribution >= 4 is 11.8 Å². The number of ether oxygens (including phenoxy) is 2. The summed E-state index contributed by atoms with van der Waals surface area (Å²) in [6.45, 7) is 4.04. The molecule has 1 heterocycles. The Morgan fingerprint density at radius 3 is 2.81 bits per heavy atom.